The Kier molecular flexibility index (Phi) is 3.42. The lowest BCUT2D eigenvalue weighted by atomic mass is 10.1. The van der Waals surface area contributed by atoms with Crippen molar-refractivity contribution >= 4 is 5.69 Å². The molecule has 4 nitrogen and oxygen atoms in total. The lowest BCUT2D eigenvalue weighted by Crippen LogP contribution is -2.08. The SMILES string of the molecule is Cc1noc(-c2ccccc2NCC(C)C)n1. The third kappa shape index (κ3) is 2.84. The van der Waals surface area contributed by atoms with Gasteiger partial charge in [0.2, 0.25) is 0 Å². The lowest BCUT2D eigenvalue weighted by molar-refractivity contribution is 0.425. The molecule has 0 amide bonds. The first-order chi connectivity index (χ1) is 8.16. The van der Waals surface area contributed by atoms with Crippen LogP contribution in [0.15, 0.2) is 28.8 Å². The van der Waals surface area contributed by atoms with Crippen LogP contribution in [0.4, 0.5) is 5.69 Å². The summed E-state index contributed by atoms with van der Waals surface area (Å²) in [6.45, 7) is 7.08. The van der Waals surface area contributed by atoms with Gasteiger partial charge in [-0.15, -0.1) is 0 Å². The Hall–Kier alpha value is -1.84. The van der Waals surface area contributed by atoms with Gasteiger partial charge in [-0.2, -0.15) is 4.98 Å². The van der Waals surface area contributed by atoms with Gasteiger partial charge in [0.05, 0.1) is 5.56 Å². The number of nitrogens with one attached hydrogen (secondary N) is 1. The molecule has 1 aromatic carbocycles. The fraction of sp³-hybridized carbons (Fsp3) is 0.385. The van der Waals surface area contributed by atoms with E-state index in [9.17, 15) is 0 Å². The summed E-state index contributed by atoms with van der Waals surface area (Å²) in [6, 6.07) is 7.97. The first kappa shape index (κ1) is 11.6. The van der Waals surface area contributed by atoms with Crippen molar-refractivity contribution < 1.29 is 4.52 Å². The largest absolute Gasteiger partial charge is 0.384 e. The number of hydrogen-bond donors (Lipinski definition) is 1. The highest BCUT2D eigenvalue weighted by atomic mass is 16.5. The number of nitrogens with zero attached hydrogens (tertiary/aromatic N) is 2. The Bertz CT molecular complexity index is 491. The van der Waals surface area contributed by atoms with Crippen molar-refractivity contribution in [2.24, 2.45) is 5.92 Å². The maximum absolute atomic E-state index is 5.20. The molecule has 0 aliphatic carbocycles. The van der Waals surface area contributed by atoms with E-state index in [-0.39, 0.29) is 0 Å². The number of aryl methyl sites for hydroxylation is 1. The van der Waals surface area contributed by atoms with Gasteiger partial charge in [-0.25, -0.2) is 0 Å². The van der Waals surface area contributed by atoms with E-state index in [1.54, 1.807) is 0 Å². The molecule has 4 heteroatoms. The van der Waals surface area contributed by atoms with Crippen molar-refractivity contribution in [1.82, 2.24) is 10.1 Å². The van der Waals surface area contributed by atoms with Gasteiger partial charge in [0.25, 0.3) is 5.89 Å². The van der Waals surface area contributed by atoms with Crippen LogP contribution < -0.4 is 5.32 Å². The topological polar surface area (TPSA) is 51.0 Å². The zero-order valence-electron chi connectivity index (χ0n) is 10.4. The number of anilines is 1. The Morgan fingerprint density at radius 1 is 1.29 bits per heavy atom. The van der Waals surface area contributed by atoms with Crippen LogP contribution in [-0.4, -0.2) is 16.7 Å². The van der Waals surface area contributed by atoms with Crippen LogP contribution in [-0.2, 0) is 0 Å². The van der Waals surface area contributed by atoms with Gasteiger partial charge >= 0.3 is 0 Å². The normalized spacial score (nSPS) is 10.8. The Labute approximate surface area is 101 Å². The molecule has 0 bridgehead atoms. The minimum atomic E-state index is 0.564. The zero-order chi connectivity index (χ0) is 12.3. The minimum absolute atomic E-state index is 0.564. The first-order valence-electron chi connectivity index (χ1n) is 5.80. The summed E-state index contributed by atoms with van der Waals surface area (Å²) in [7, 11) is 0. The summed E-state index contributed by atoms with van der Waals surface area (Å²) in [5, 5.41) is 7.21. The lowest BCUT2D eigenvalue weighted by Gasteiger charge is -2.11. The fourth-order valence-electron chi connectivity index (χ4n) is 1.54. The maximum Gasteiger partial charge on any atom is 0.260 e. The maximum atomic E-state index is 5.20. The second-order valence-electron chi connectivity index (χ2n) is 4.47. The van der Waals surface area contributed by atoms with Gasteiger partial charge in [-0.1, -0.05) is 31.1 Å². The molecule has 0 aliphatic rings. The summed E-state index contributed by atoms with van der Waals surface area (Å²) in [4.78, 5) is 4.25. The van der Waals surface area contributed by atoms with Crippen LogP contribution in [0.2, 0.25) is 0 Å². The summed E-state index contributed by atoms with van der Waals surface area (Å²) in [6.07, 6.45) is 0. The molecule has 0 radical (unpaired) electrons. The molecular weight excluding hydrogens is 214 g/mol. The highest BCUT2D eigenvalue weighted by molar-refractivity contribution is 5.72. The van der Waals surface area contributed by atoms with Gasteiger partial charge in [0.1, 0.15) is 0 Å². The predicted molar refractivity (Wildman–Crippen MR) is 67.8 cm³/mol. The van der Waals surface area contributed by atoms with Crippen LogP contribution in [0.3, 0.4) is 0 Å². The molecule has 2 aromatic rings. The van der Waals surface area contributed by atoms with Crippen molar-refractivity contribution in [3.8, 4) is 11.5 Å². The van der Waals surface area contributed by atoms with E-state index >= 15 is 0 Å². The van der Waals surface area contributed by atoms with E-state index in [2.05, 4.69) is 29.3 Å². The molecule has 90 valence electrons. The molecule has 0 fully saturated rings. The molecular formula is C13H17N3O. The molecule has 17 heavy (non-hydrogen) atoms. The van der Waals surface area contributed by atoms with Crippen LogP contribution in [0, 0.1) is 12.8 Å². The highest BCUT2D eigenvalue weighted by Crippen LogP contribution is 2.26. The van der Waals surface area contributed by atoms with Crippen molar-refractivity contribution in [3.05, 3.63) is 30.1 Å². The fourth-order valence-corrected chi connectivity index (χ4v) is 1.54. The van der Waals surface area contributed by atoms with Gasteiger partial charge in [-0.05, 0) is 25.0 Å². The van der Waals surface area contributed by atoms with Gasteiger partial charge < -0.3 is 9.84 Å². The van der Waals surface area contributed by atoms with E-state index in [0.29, 0.717) is 17.6 Å². The quantitative estimate of drug-likeness (QED) is 0.878. The molecule has 1 N–H and O–H groups in total. The van der Waals surface area contributed by atoms with Gasteiger partial charge in [0.15, 0.2) is 5.82 Å². The van der Waals surface area contributed by atoms with E-state index in [0.717, 1.165) is 17.8 Å². The number of aromatic nitrogens is 2. The highest BCUT2D eigenvalue weighted by Gasteiger charge is 2.10. The number of para-hydroxylation sites is 1. The minimum Gasteiger partial charge on any atom is -0.384 e. The van der Waals surface area contributed by atoms with Crippen LogP contribution in [0.5, 0.6) is 0 Å². The van der Waals surface area contributed by atoms with Crippen LogP contribution in [0.25, 0.3) is 11.5 Å². The molecule has 2 rings (SSSR count). The second kappa shape index (κ2) is 4.99. The Morgan fingerprint density at radius 3 is 2.71 bits per heavy atom. The smallest absolute Gasteiger partial charge is 0.260 e. The number of rotatable bonds is 4. The van der Waals surface area contributed by atoms with Gasteiger partial charge in [0, 0.05) is 12.2 Å². The zero-order valence-corrected chi connectivity index (χ0v) is 10.4. The van der Waals surface area contributed by atoms with Crippen LogP contribution in [0.1, 0.15) is 19.7 Å². The summed E-state index contributed by atoms with van der Waals surface area (Å²) in [5.41, 5.74) is 1.98. The van der Waals surface area contributed by atoms with E-state index in [4.69, 9.17) is 4.52 Å². The first-order valence-corrected chi connectivity index (χ1v) is 5.80. The molecule has 0 atom stereocenters. The van der Waals surface area contributed by atoms with Crippen molar-refractivity contribution in [2.75, 3.05) is 11.9 Å². The summed E-state index contributed by atoms with van der Waals surface area (Å²) < 4.78 is 5.20. The molecule has 0 saturated carbocycles. The van der Waals surface area contributed by atoms with Crippen molar-refractivity contribution in [3.63, 3.8) is 0 Å². The standard InChI is InChI=1S/C13H17N3O/c1-9(2)8-14-12-7-5-4-6-11(12)13-15-10(3)16-17-13/h4-7,9,14H,8H2,1-3H3. The summed E-state index contributed by atoms with van der Waals surface area (Å²) in [5.74, 6) is 1.81. The van der Waals surface area contributed by atoms with E-state index in [1.807, 2.05) is 31.2 Å². The van der Waals surface area contributed by atoms with Crippen molar-refractivity contribution in [1.29, 1.82) is 0 Å². The van der Waals surface area contributed by atoms with Crippen LogP contribution >= 0.6 is 0 Å². The molecule has 1 aromatic heterocycles. The van der Waals surface area contributed by atoms with Crippen molar-refractivity contribution in [2.45, 2.75) is 20.8 Å². The average molecular weight is 231 g/mol. The number of benzene rings is 1. The Balaban J connectivity index is 2.27. The average Bonchev–Trinajstić information content (AvgIpc) is 2.73. The molecule has 1 heterocycles. The van der Waals surface area contributed by atoms with E-state index < -0.39 is 0 Å². The number of hydrogen-bond acceptors (Lipinski definition) is 4. The molecule has 0 unspecified atom stereocenters. The second-order valence-corrected chi connectivity index (χ2v) is 4.47. The summed E-state index contributed by atoms with van der Waals surface area (Å²) >= 11 is 0. The molecule has 0 aliphatic heterocycles. The van der Waals surface area contributed by atoms with Gasteiger partial charge in [-0.3, -0.25) is 0 Å². The third-order valence-electron chi connectivity index (χ3n) is 2.39. The predicted octanol–water partition coefficient (Wildman–Crippen LogP) is 3.11. The van der Waals surface area contributed by atoms with E-state index in [1.165, 1.54) is 0 Å². The molecule has 0 spiro atoms. The third-order valence-corrected chi connectivity index (χ3v) is 2.39. The Morgan fingerprint density at radius 2 is 2.06 bits per heavy atom. The monoisotopic (exact) mass is 231 g/mol. The molecule has 0 saturated heterocycles.